The minimum absolute atomic E-state index is 0.0143. The molecular formula is C21H16N2O4S. The quantitative estimate of drug-likeness (QED) is 0.402. The van der Waals surface area contributed by atoms with E-state index in [1.54, 1.807) is 30.3 Å². The molecule has 6 nitrogen and oxygen atoms in total. The summed E-state index contributed by atoms with van der Waals surface area (Å²) in [6.45, 7) is 1.83. The number of aliphatic hydroxyl groups is 1. The molecule has 2 aromatic heterocycles. The molecule has 0 radical (unpaired) electrons. The van der Waals surface area contributed by atoms with Gasteiger partial charge in [0.25, 0.3) is 11.7 Å². The average Bonchev–Trinajstić information content (AvgIpc) is 3.31. The highest BCUT2D eigenvalue weighted by atomic mass is 32.1. The molecule has 140 valence electrons. The number of Topliss-reactive ketones (excluding diaryl/α,β-unsaturated/α-hetero) is 1. The first-order valence-corrected chi connectivity index (χ1v) is 9.41. The molecule has 1 unspecified atom stereocenters. The molecule has 0 aliphatic carbocycles. The van der Waals surface area contributed by atoms with E-state index in [1.165, 1.54) is 34.7 Å². The summed E-state index contributed by atoms with van der Waals surface area (Å²) < 4.78 is 0. The van der Waals surface area contributed by atoms with Crippen LogP contribution in [0.1, 0.15) is 22.0 Å². The van der Waals surface area contributed by atoms with Crippen molar-refractivity contribution in [1.29, 1.82) is 0 Å². The van der Waals surface area contributed by atoms with Crippen molar-refractivity contribution >= 4 is 34.5 Å². The molecular weight excluding hydrogens is 376 g/mol. The molecule has 2 N–H and O–H groups in total. The Morgan fingerprint density at radius 2 is 1.89 bits per heavy atom. The zero-order chi connectivity index (χ0) is 19.8. The molecule has 1 aliphatic heterocycles. The zero-order valence-corrected chi connectivity index (χ0v) is 15.7. The second-order valence-electron chi connectivity index (χ2n) is 6.41. The van der Waals surface area contributed by atoms with Crippen LogP contribution in [0.3, 0.4) is 0 Å². The van der Waals surface area contributed by atoms with Gasteiger partial charge in [0.2, 0.25) is 0 Å². The topological polar surface area (TPSA) is 90.7 Å². The minimum Gasteiger partial charge on any atom is -0.507 e. The minimum atomic E-state index is -0.833. The van der Waals surface area contributed by atoms with E-state index < -0.39 is 17.7 Å². The fourth-order valence-electron chi connectivity index (χ4n) is 3.29. The predicted molar refractivity (Wildman–Crippen MR) is 106 cm³/mol. The van der Waals surface area contributed by atoms with Crippen LogP contribution in [-0.4, -0.2) is 26.9 Å². The molecule has 0 saturated carbocycles. The maximum Gasteiger partial charge on any atom is 0.300 e. The lowest BCUT2D eigenvalue weighted by atomic mass is 10.00. The van der Waals surface area contributed by atoms with Crippen LogP contribution in [0.2, 0.25) is 0 Å². The molecule has 3 heterocycles. The van der Waals surface area contributed by atoms with Crippen molar-refractivity contribution in [2.24, 2.45) is 0 Å². The van der Waals surface area contributed by atoms with Gasteiger partial charge in [-0.2, -0.15) is 0 Å². The Hall–Kier alpha value is -3.45. The van der Waals surface area contributed by atoms with Crippen LogP contribution in [0.15, 0.2) is 65.8 Å². The monoisotopic (exact) mass is 392 g/mol. The number of rotatable bonds is 3. The third-order valence-electron chi connectivity index (χ3n) is 4.60. The van der Waals surface area contributed by atoms with E-state index in [2.05, 4.69) is 4.98 Å². The number of nitrogens with zero attached hydrogens (tertiary/aromatic N) is 2. The zero-order valence-electron chi connectivity index (χ0n) is 14.9. The number of phenols is 1. The van der Waals surface area contributed by atoms with Crippen LogP contribution in [0.5, 0.6) is 5.75 Å². The summed E-state index contributed by atoms with van der Waals surface area (Å²) in [5, 5.41) is 23.1. The van der Waals surface area contributed by atoms with E-state index in [0.717, 1.165) is 5.56 Å². The van der Waals surface area contributed by atoms with E-state index in [9.17, 15) is 19.8 Å². The van der Waals surface area contributed by atoms with Gasteiger partial charge in [-0.25, -0.2) is 0 Å². The van der Waals surface area contributed by atoms with Gasteiger partial charge in [-0.05, 0) is 48.2 Å². The van der Waals surface area contributed by atoms with Crippen molar-refractivity contribution in [1.82, 2.24) is 4.98 Å². The number of hydrogen-bond donors (Lipinski definition) is 2. The third kappa shape index (κ3) is 2.86. The van der Waals surface area contributed by atoms with Gasteiger partial charge in [-0.1, -0.05) is 12.1 Å². The molecule has 1 amide bonds. The molecule has 4 rings (SSSR count). The van der Waals surface area contributed by atoms with E-state index >= 15 is 0 Å². The molecule has 1 aliphatic rings. The normalized spacial score (nSPS) is 18.6. The fraction of sp³-hybridized carbons (Fsp3) is 0.0952. The Bertz CT molecular complexity index is 1090. The first-order valence-electron chi connectivity index (χ1n) is 8.53. The van der Waals surface area contributed by atoms with Gasteiger partial charge in [0.15, 0.2) is 0 Å². The Kier molecular flexibility index (Phi) is 4.44. The van der Waals surface area contributed by atoms with Crippen molar-refractivity contribution in [3.05, 3.63) is 81.8 Å². The van der Waals surface area contributed by atoms with E-state index in [0.29, 0.717) is 10.4 Å². The molecule has 1 saturated heterocycles. The second-order valence-corrected chi connectivity index (χ2v) is 7.39. The number of aliphatic hydroxyl groups excluding tert-OH is 1. The smallest absolute Gasteiger partial charge is 0.300 e. The summed E-state index contributed by atoms with van der Waals surface area (Å²) in [4.78, 5) is 31.7. The average molecular weight is 392 g/mol. The lowest BCUT2D eigenvalue weighted by Crippen LogP contribution is -2.29. The second kappa shape index (κ2) is 6.94. The highest BCUT2D eigenvalue weighted by Crippen LogP contribution is 2.45. The number of aromatic hydroxyl groups is 1. The summed E-state index contributed by atoms with van der Waals surface area (Å²) in [5.41, 5.74) is 1.44. The first kappa shape index (κ1) is 17.9. The van der Waals surface area contributed by atoms with Crippen LogP contribution in [0.4, 0.5) is 5.69 Å². The third-order valence-corrected chi connectivity index (χ3v) is 5.53. The molecule has 1 atom stereocenters. The van der Waals surface area contributed by atoms with Crippen LogP contribution < -0.4 is 4.90 Å². The Balaban J connectivity index is 1.97. The van der Waals surface area contributed by atoms with Crippen LogP contribution in [-0.2, 0) is 9.59 Å². The van der Waals surface area contributed by atoms with Gasteiger partial charge < -0.3 is 10.2 Å². The number of aromatic nitrogens is 1. The Labute approximate surface area is 165 Å². The number of anilines is 1. The Morgan fingerprint density at radius 1 is 1.14 bits per heavy atom. The maximum absolute atomic E-state index is 12.9. The highest BCUT2D eigenvalue weighted by molar-refractivity contribution is 7.10. The van der Waals surface area contributed by atoms with Crippen LogP contribution in [0, 0.1) is 6.92 Å². The van der Waals surface area contributed by atoms with Gasteiger partial charge in [-0.3, -0.25) is 19.5 Å². The predicted octanol–water partition coefficient (Wildman–Crippen LogP) is 3.78. The largest absolute Gasteiger partial charge is 0.507 e. The summed E-state index contributed by atoms with van der Waals surface area (Å²) in [6.07, 6.45) is 3.00. The first-order chi connectivity index (χ1) is 13.5. The number of ketones is 1. The van der Waals surface area contributed by atoms with E-state index in [1.807, 2.05) is 18.4 Å². The van der Waals surface area contributed by atoms with Crippen molar-refractivity contribution in [2.75, 3.05) is 4.90 Å². The summed E-state index contributed by atoms with van der Waals surface area (Å²) in [6, 6.07) is 10.7. The van der Waals surface area contributed by atoms with E-state index in [4.69, 9.17) is 0 Å². The molecule has 0 spiro atoms. The number of carbonyl (C=O) groups is 2. The fourth-order valence-corrected chi connectivity index (χ4v) is 4.11. The molecule has 28 heavy (non-hydrogen) atoms. The van der Waals surface area contributed by atoms with Crippen LogP contribution >= 0.6 is 11.3 Å². The van der Waals surface area contributed by atoms with Crippen molar-refractivity contribution < 1.29 is 19.8 Å². The maximum atomic E-state index is 12.9. The van der Waals surface area contributed by atoms with Crippen molar-refractivity contribution in [2.45, 2.75) is 13.0 Å². The summed E-state index contributed by atoms with van der Waals surface area (Å²) in [7, 11) is 0. The van der Waals surface area contributed by atoms with Gasteiger partial charge >= 0.3 is 0 Å². The lowest BCUT2D eigenvalue weighted by molar-refractivity contribution is -0.132. The number of carbonyl (C=O) groups excluding carboxylic acids is 2. The molecule has 1 aromatic carbocycles. The molecule has 3 aromatic rings. The summed E-state index contributed by atoms with van der Waals surface area (Å²) in [5.74, 6) is -1.98. The molecule has 1 fully saturated rings. The SMILES string of the molecule is Cc1ccc(O)c(N2C(=O)C(=O)/C(=C(\O)c3ccncc3)C2c2cccs2)c1. The summed E-state index contributed by atoms with van der Waals surface area (Å²) >= 11 is 1.36. The molecule has 0 bridgehead atoms. The van der Waals surface area contributed by atoms with Gasteiger partial charge in [0.1, 0.15) is 17.6 Å². The highest BCUT2D eigenvalue weighted by Gasteiger charge is 2.48. The van der Waals surface area contributed by atoms with Crippen molar-refractivity contribution in [3.63, 3.8) is 0 Å². The van der Waals surface area contributed by atoms with Crippen molar-refractivity contribution in [3.8, 4) is 5.75 Å². The van der Waals surface area contributed by atoms with Gasteiger partial charge in [-0.15, -0.1) is 11.3 Å². The number of hydrogen-bond acceptors (Lipinski definition) is 6. The van der Waals surface area contributed by atoms with Gasteiger partial charge in [0.05, 0.1) is 11.3 Å². The number of amides is 1. The van der Waals surface area contributed by atoms with Gasteiger partial charge in [0, 0.05) is 22.8 Å². The number of pyridine rings is 1. The lowest BCUT2D eigenvalue weighted by Gasteiger charge is -2.25. The standard InChI is InChI=1S/C21H16N2O4S/c1-12-4-5-15(24)14(11-12)23-18(16-3-2-10-28-16)17(20(26)21(23)27)19(25)13-6-8-22-9-7-13/h2-11,18,24-25H,1H3/b19-17-. The molecule has 7 heteroatoms. The van der Waals surface area contributed by atoms with E-state index in [-0.39, 0.29) is 22.8 Å². The number of thiophene rings is 1. The number of aryl methyl sites for hydroxylation is 1. The van der Waals surface area contributed by atoms with Crippen LogP contribution in [0.25, 0.3) is 5.76 Å². The number of phenolic OH excluding ortho intramolecular Hbond substituents is 1. The number of benzene rings is 1. The Morgan fingerprint density at radius 3 is 2.57 bits per heavy atom.